The number of carbonyl (C=O) groups excluding carboxylic acids is 2. The van der Waals surface area contributed by atoms with Gasteiger partial charge in [0.1, 0.15) is 6.54 Å². The molecule has 0 aromatic rings. The molecule has 0 bridgehead atoms. The first kappa shape index (κ1) is 19.8. The molecule has 0 saturated heterocycles. The zero-order valence-electron chi connectivity index (χ0n) is 13.8. The SMILES string of the molecule is CCCC(CCC)(C(=O)N(CC(=O)OC)C(C)C)C(N)=S. The van der Waals surface area contributed by atoms with E-state index in [1.165, 1.54) is 12.0 Å². The van der Waals surface area contributed by atoms with Gasteiger partial charge in [-0.15, -0.1) is 0 Å². The summed E-state index contributed by atoms with van der Waals surface area (Å²) >= 11 is 5.20. The molecule has 2 N–H and O–H groups in total. The average molecular weight is 316 g/mol. The van der Waals surface area contributed by atoms with Crippen molar-refractivity contribution in [2.75, 3.05) is 13.7 Å². The van der Waals surface area contributed by atoms with Crippen molar-refractivity contribution in [1.29, 1.82) is 0 Å². The smallest absolute Gasteiger partial charge is 0.325 e. The molecule has 1 amide bonds. The molecule has 0 aromatic carbocycles. The van der Waals surface area contributed by atoms with Gasteiger partial charge in [-0.25, -0.2) is 0 Å². The Balaban J connectivity index is 5.57. The van der Waals surface area contributed by atoms with Crippen LogP contribution < -0.4 is 5.73 Å². The lowest BCUT2D eigenvalue weighted by atomic mass is 9.77. The molecule has 0 spiro atoms. The van der Waals surface area contributed by atoms with Crippen LogP contribution in [0.4, 0.5) is 0 Å². The number of nitrogens with zero attached hydrogens (tertiary/aromatic N) is 1. The van der Waals surface area contributed by atoms with Gasteiger partial charge in [-0.2, -0.15) is 0 Å². The first-order valence-corrected chi connectivity index (χ1v) is 7.85. The van der Waals surface area contributed by atoms with E-state index >= 15 is 0 Å². The molecule has 0 fully saturated rings. The summed E-state index contributed by atoms with van der Waals surface area (Å²) in [4.78, 5) is 26.3. The predicted molar refractivity (Wildman–Crippen MR) is 87.9 cm³/mol. The summed E-state index contributed by atoms with van der Waals surface area (Å²) in [6, 6.07) is -0.126. The molecule has 0 rings (SSSR count). The van der Waals surface area contributed by atoms with Crippen LogP contribution in [0.3, 0.4) is 0 Å². The van der Waals surface area contributed by atoms with Gasteiger partial charge in [0, 0.05) is 6.04 Å². The van der Waals surface area contributed by atoms with E-state index in [0.717, 1.165) is 12.8 Å². The van der Waals surface area contributed by atoms with Crippen molar-refractivity contribution in [2.24, 2.45) is 11.1 Å². The van der Waals surface area contributed by atoms with Crippen LogP contribution in [0.2, 0.25) is 0 Å². The molecule has 122 valence electrons. The van der Waals surface area contributed by atoms with E-state index in [4.69, 9.17) is 18.0 Å². The van der Waals surface area contributed by atoms with Crippen LogP contribution in [0, 0.1) is 5.41 Å². The Hall–Kier alpha value is -1.17. The van der Waals surface area contributed by atoms with Crippen LogP contribution in [-0.4, -0.2) is 41.5 Å². The average Bonchev–Trinajstić information content (AvgIpc) is 2.42. The minimum absolute atomic E-state index is 0.0786. The fraction of sp³-hybridized carbons (Fsp3) is 0.800. The lowest BCUT2D eigenvalue weighted by Gasteiger charge is -2.38. The van der Waals surface area contributed by atoms with Crippen molar-refractivity contribution in [2.45, 2.75) is 59.4 Å². The summed E-state index contributed by atoms with van der Waals surface area (Å²) in [6.07, 6.45) is 2.79. The highest BCUT2D eigenvalue weighted by molar-refractivity contribution is 7.80. The van der Waals surface area contributed by atoms with Crippen molar-refractivity contribution < 1.29 is 14.3 Å². The molecule has 0 aliphatic heterocycles. The number of hydrogen-bond acceptors (Lipinski definition) is 4. The van der Waals surface area contributed by atoms with Gasteiger partial charge in [-0.3, -0.25) is 9.59 Å². The number of methoxy groups -OCH3 is 1. The standard InChI is InChI=1S/C15H28N2O3S/c1-6-8-15(9-7-2,13(16)21)14(19)17(11(3)4)10-12(18)20-5/h11H,6-10H2,1-5H3,(H2,16,21). The fourth-order valence-corrected chi connectivity index (χ4v) is 2.80. The van der Waals surface area contributed by atoms with Crippen LogP contribution in [-0.2, 0) is 14.3 Å². The second kappa shape index (κ2) is 8.97. The molecule has 0 unspecified atom stereocenters. The van der Waals surface area contributed by atoms with E-state index in [1.54, 1.807) is 0 Å². The van der Waals surface area contributed by atoms with E-state index in [1.807, 2.05) is 27.7 Å². The zero-order valence-corrected chi connectivity index (χ0v) is 14.6. The zero-order chi connectivity index (χ0) is 16.6. The number of thiocarbonyl (C=S) groups is 1. The number of ether oxygens (including phenoxy) is 1. The van der Waals surface area contributed by atoms with Crippen molar-refractivity contribution in [3.05, 3.63) is 0 Å². The Kier molecular flexibility index (Phi) is 8.47. The maximum atomic E-state index is 13.0. The minimum atomic E-state index is -0.864. The van der Waals surface area contributed by atoms with Gasteiger partial charge in [0.2, 0.25) is 5.91 Å². The van der Waals surface area contributed by atoms with Crippen LogP contribution in [0.1, 0.15) is 53.4 Å². The molecule has 0 aliphatic rings. The number of carbonyl (C=O) groups is 2. The van der Waals surface area contributed by atoms with Crippen molar-refractivity contribution in [3.63, 3.8) is 0 Å². The third kappa shape index (κ3) is 4.95. The molecular weight excluding hydrogens is 288 g/mol. The van der Waals surface area contributed by atoms with Crippen LogP contribution in [0.15, 0.2) is 0 Å². The lowest BCUT2D eigenvalue weighted by molar-refractivity contribution is -0.151. The van der Waals surface area contributed by atoms with Crippen LogP contribution in [0.5, 0.6) is 0 Å². The summed E-state index contributed by atoms with van der Waals surface area (Å²) in [7, 11) is 1.31. The fourth-order valence-electron chi connectivity index (χ4n) is 2.51. The summed E-state index contributed by atoms with van der Waals surface area (Å²) in [5, 5.41) is 0. The number of nitrogens with two attached hydrogens (primary N) is 1. The molecule has 21 heavy (non-hydrogen) atoms. The van der Waals surface area contributed by atoms with E-state index < -0.39 is 11.4 Å². The Labute approximate surface area is 133 Å². The lowest BCUT2D eigenvalue weighted by Crippen LogP contribution is -2.54. The second-order valence-corrected chi connectivity index (χ2v) is 5.99. The highest BCUT2D eigenvalue weighted by Gasteiger charge is 2.43. The molecule has 0 heterocycles. The molecular formula is C15H28N2O3S. The summed E-state index contributed by atoms with van der Waals surface area (Å²) in [5.41, 5.74) is 5.05. The Morgan fingerprint density at radius 3 is 2.00 bits per heavy atom. The molecule has 6 heteroatoms. The van der Waals surface area contributed by atoms with Crippen molar-refractivity contribution in [1.82, 2.24) is 4.90 Å². The summed E-state index contributed by atoms with van der Waals surface area (Å²) < 4.78 is 4.68. The number of esters is 1. The molecule has 0 aromatic heterocycles. The first-order chi connectivity index (χ1) is 9.76. The normalized spacial score (nSPS) is 11.3. The molecule has 5 nitrogen and oxygen atoms in total. The minimum Gasteiger partial charge on any atom is -0.468 e. The van der Waals surface area contributed by atoms with Gasteiger partial charge in [-0.05, 0) is 26.7 Å². The van der Waals surface area contributed by atoms with Crippen LogP contribution >= 0.6 is 12.2 Å². The maximum Gasteiger partial charge on any atom is 0.325 e. The molecule has 0 radical (unpaired) electrons. The topological polar surface area (TPSA) is 72.6 Å². The Morgan fingerprint density at radius 2 is 1.71 bits per heavy atom. The summed E-state index contributed by atoms with van der Waals surface area (Å²) in [6.45, 7) is 7.64. The third-order valence-corrected chi connectivity index (χ3v) is 4.04. The number of amides is 1. The monoisotopic (exact) mass is 316 g/mol. The Bertz CT molecular complexity index is 377. The highest BCUT2D eigenvalue weighted by Crippen LogP contribution is 2.33. The predicted octanol–water partition coefficient (Wildman–Crippen LogP) is 2.27. The second-order valence-electron chi connectivity index (χ2n) is 5.55. The molecule has 0 aliphatic carbocycles. The van der Waals surface area contributed by atoms with Gasteiger partial charge in [0.25, 0.3) is 0 Å². The number of hydrogen-bond donors (Lipinski definition) is 1. The van der Waals surface area contributed by atoms with Crippen molar-refractivity contribution in [3.8, 4) is 0 Å². The summed E-state index contributed by atoms with van der Waals surface area (Å²) in [5.74, 6) is -0.610. The van der Waals surface area contributed by atoms with Gasteiger partial charge in [-0.1, -0.05) is 38.9 Å². The van der Waals surface area contributed by atoms with Crippen LogP contribution in [0.25, 0.3) is 0 Å². The quantitative estimate of drug-likeness (QED) is 0.522. The first-order valence-electron chi connectivity index (χ1n) is 7.44. The highest BCUT2D eigenvalue weighted by atomic mass is 32.1. The largest absolute Gasteiger partial charge is 0.468 e. The maximum absolute atomic E-state index is 13.0. The van der Waals surface area contributed by atoms with E-state index in [0.29, 0.717) is 12.8 Å². The van der Waals surface area contributed by atoms with Gasteiger partial charge >= 0.3 is 5.97 Å². The van der Waals surface area contributed by atoms with E-state index in [2.05, 4.69) is 4.74 Å². The van der Waals surface area contributed by atoms with Gasteiger partial charge in [0.05, 0.1) is 17.5 Å². The van der Waals surface area contributed by atoms with Gasteiger partial charge < -0.3 is 15.4 Å². The third-order valence-electron chi connectivity index (χ3n) is 3.65. The van der Waals surface area contributed by atoms with Gasteiger partial charge in [0.15, 0.2) is 0 Å². The van der Waals surface area contributed by atoms with E-state index in [9.17, 15) is 9.59 Å². The van der Waals surface area contributed by atoms with E-state index in [-0.39, 0.29) is 23.5 Å². The molecule has 0 saturated carbocycles. The van der Waals surface area contributed by atoms with Crippen molar-refractivity contribution >= 4 is 29.1 Å². The molecule has 0 atom stereocenters. The number of rotatable bonds is 9. The Morgan fingerprint density at radius 1 is 1.24 bits per heavy atom.